The first-order valence-corrected chi connectivity index (χ1v) is 4.61. The predicted molar refractivity (Wildman–Crippen MR) is 55.8 cm³/mol. The highest BCUT2D eigenvalue weighted by molar-refractivity contribution is 5.71. The monoisotopic (exact) mass is 204 g/mol. The maximum absolute atomic E-state index is 11.3. The van der Waals surface area contributed by atoms with Gasteiger partial charge in [-0.3, -0.25) is 9.78 Å². The van der Waals surface area contributed by atoms with Gasteiger partial charge in [0.05, 0.1) is 5.92 Å². The van der Waals surface area contributed by atoms with E-state index in [-0.39, 0.29) is 5.92 Å². The van der Waals surface area contributed by atoms with Crippen LogP contribution in [-0.2, 0) is 9.68 Å². The molecule has 0 aliphatic rings. The van der Waals surface area contributed by atoms with Crippen molar-refractivity contribution in [2.45, 2.75) is 13.3 Å². The number of benzene rings is 1. The molecule has 0 aromatic heterocycles. The summed E-state index contributed by atoms with van der Waals surface area (Å²) in [5, 5.41) is 0. The molecule has 0 spiro atoms. The summed E-state index contributed by atoms with van der Waals surface area (Å²) in [6.45, 7) is 1.69. The largest absolute Gasteiger partial charge is 0.359 e. The third-order valence-corrected chi connectivity index (χ3v) is 1.79. The van der Waals surface area contributed by atoms with Crippen LogP contribution < -0.4 is 4.89 Å². The van der Waals surface area contributed by atoms with Gasteiger partial charge in [0.15, 0.2) is 5.75 Å². The van der Waals surface area contributed by atoms with E-state index in [1.807, 2.05) is 6.07 Å². The van der Waals surface area contributed by atoms with Crippen molar-refractivity contribution in [3.63, 3.8) is 0 Å². The van der Waals surface area contributed by atoms with Gasteiger partial charge >= 0.3 is 5.97 Å². The molecule has 15 heavy (non-hydrogen) atoms. The van der Waals surface area contributed by atoms with Crippen LogP contribution in [0.15, 0.2) is 30.3 Å². The molecular formula is C12H12O3. The zero-order valence-corrected chi connectivity index (χ0v) is 8.47. The summed E-state index contributed by atoms with van der Waals surface area (Å²) in [7, 11) is 0. The highest BCUT2D eigenvalue weighted by Gasteiger charge is 2.14. The fourth-order valence-electron chi connectivity index (χ4n) is 0.907. The van der Waals surface area contributed by atoms with Crippen molar-refractivity contribution >= 4 is 5.97 Å². The highest BCUT2D eigenvalue weighted by atomic mass is 17.2. The SMILES string of the molecule is C#CCC(C)C(=O)OOc1ccccc1. The van der Waals surface area contributed by atoms with Crippen LogP contribution in [-0.4, -0.2) is 5.97 Å². The van der Waals surface area contributed by atoms with Crippen LogP contribution >= 0.6 is 0 Å². The molecule has 0 heterocycles. The number of rotatable bonds is 4. The molecule has 0 bridgehead atoms. The predicted octanol–water partition coefficient (Wildman–Crippen LogP) is 2.18. The molecule has 1 aromatic carbocycles. The van der Waals surface area contributed by atoms with Gasteiger partial charge in [0, 0.05) is 6.42 Å². The molecule has 1 aromatic rings. The summed E-state index contributed by atoms with van der Waals surface area (Å²) in [5.41, 5.74) is 0. The fourth-order valence-corrected chi connectivity index (χ4v) is 0.907. The summed E-state index contributed by atoms with van der Waals surface area (Å²) in [5.74, 6) is 2.07. The molecule has 1 unspecified atom stereocenters. The quantitative estimate of drug-likeness (QED) is 0.428. The highest BCUT2D eigenvalue weighted by Crippen LogP contribution is 2.10. The number of hydrogen-bond donors (Lipinski definition) is 0. The average molecular weight is 204 g/mol. The standard InChI is InChI=1S/C12H12O3/c1-3-7-10(2)12(13)15-14-11-8-5-4-6-9-11/h1,4-6,8-10H,7H2,2H3. The Hall–Kier alpha value is -1.95. The topological polar surface area (TPSA) is 35.5 Å². The maximum Gasteiger partial charge on any atom is 0.359 e. The van der Waals surface area contributed by atoms with E-state index >= 15 is 0 Å². The van der Waals surface area contributed by atoms with Crippen molar-refractivity contribution in [1.29, 1.82) is 0 Å². The number of para-hydroxylation sites is 1. The molecule has 3 heteroatoms. The van der Waals surface area contributed by atoms with Crippen LogP contribution in [0.4, 0.5) is 0 Å². The maximum atomic E-state index is 11.3. The first kappa shape index (κ1) is 11.1. The van der Waals surface area contributed by atoms with E-state index in [4.69, 9.17) is 11.3 Å². The van der Waals surface area contributed by atoms with E-state index in [2.05, 4.69) is 10.8 Å². The third kappa shape index (κ3) is 3.74. The number of hydrogen-bond acceptors (Lipinski definition) is 3. The van der Waals surface area contributed by atoms with Gasteiger partial charge in [-0.2, -0.15) is 0 Å². The van der Waals surface area contributed by atoms with Gasteiger partial charge in [-0.25, -0.2) is 4.79 Å². The minimum atomic E-state index is -0.461. The molecule has 0 saturated carbocycles. The molecular weight excluding hydrogens is 192 g/mol. The van der Waals surface area contributed by atoms with Gasteiger partial charge in [-0.05, 0) is 12.1 Å². The van der Waals surface area contributed by atoms with Gasteiger partial charge in [0.1, 0.15) is 0 Å². The summed E-state index contributed by atoms with van der Waals surface area (Å²) in [6, 6.07) is 8.80. The smallest absolute Gasteiger partial charge is 0.287 e. The van der Waals surface area contributed by atoms with Gasteiger partial charge in [-0.15, -0.1) is 12.3 Å². The minimum absolute atomic E-state index is 0.344. The van der Waals surface area contributed by atoms with Crippen LogP contribution in [0.2, 0.25) is 0 Å². The van der Waals surface area contributed by atoms with E-state index in [0.717, 1.165) is 0 Å². The minimum Gasteiger partial charge on any atom is -0.287 e. The Morgan fingerprint density at radius 3 is 2.73 bits per heavy atom. The number of carbonyl (C=O) groups excluding carboxylic acids is 1. The first-order chi connectivity index (χ1) is 7.24. The average Bonchev–Trinajstić information content (AvgIpc) is 2.27. The van der Waals surface area contributed by atoms with Crippen LogP contribution in [0.25, 0.3) is 0 Å². The molecule has 0 amide bonds. The van der Waals surface area contributed by atoms with Crippen molar-refractivity contribution < 1.29 is 14.6 Å². The Morgan fingerprint density at radius 1 is 1.47 bits per heavy atom. The molecule has 3 nitrogen and oxygen atoms in total. The normalized spacial score (nSPS) is 11.2. The molecule has 0 fully saturated rings. The van der Waals surface area contributed by atoms with E-state index in [1.165, 1.54) is 0 Å². The van der Waals surface area contributed by atoms with Gasteiger partial charge in [0.2, 0.25) is 0 Å². The Balaban J connectivity index is 2.38. The lowest BCUT2D eigenvalue weighted by molar-refractivity contribution is -0.218. The Kier molecular flexibility index (Phi) is 4.24. The summed E-state index contributed by atoms with van der Waals surface area (Å²) in [4.78, 5) is 20.7. The summed E-state index contributed by atoms with van der Waals surface area (Å²) < 4.78 is 0. The van der Waals surface area contributed by atoms with Crippen molar-refractivity contribution in [2.24, 2.45) is 5.92 Å². The summed E-state index contributed by atoms with van der Waals surface area (Å²) >= 11 is 0. The van der Waals surface area contributed by atoms with Crippen molar-refractivity contribution in [1.82, 2.24) is 0 Å². The summed E-state index contributed by atoms with van der Waals surface area (Å²) in [6.07, 6.45) is 5.42. The lowest BCUT2D eigenvalue weighted by Crippen LogP contribution is -2.16. The van der Waals surface area contributed by atoms with E-state index in [0.29, 0.717) is 12.2 Å². The lowest BCUT2D eigenvalue weighted by atomic mass is 10.1. The van der Waals surface area contributed by atoms with Crippen LogP contribution in [0.1, 0.15) is 13.3 Å². The molecule has 0 aliphatic heterocycles. The zero-order valence-electron chi connectivity index (χ0n) is 8.47. The van der Waals surface area contributed by atoms with Crippen molar-refractivity contribution in [3.8, 4) is 18.1 Å². The first-order valence-electron chi connectivity index (χ1n) is 4.61. The molecule has 0 saturated heterocycles. The number of terminal acetylenes is 1. The second-order valence-electron chi connectivity index (χ2n) is 3.11. The van der Waals surface area contributed by atoms with E-state index < -0.39 is 5.97 Å². The van der Waals surface area contributed by atoms with Gasteiger partial charge in [0.25, 0.3) is 0 Å². The molecule has 1 rings (SSSR count). The third-order valence-electron chi connectivity index (χ3n) is 1.79. The molecule has 1 atom stereocenters. The van der Waals surface area contributed by atoms with Crippen molar-refractivity contribution in [2.75, 3.05) is 0 Å². The van der Waals surface area contributed by atoms with Gasteiger partial charge < -0.3 is 0 Å². The van der Waals surface area contributed by atoms with Gasteiger partial charge in [-0.1, -0.05) is 25.1 Å². The van der Waals surface area contributed by atoms with Crippen LogP contribution in [0.5, 0.6) is 5.75 Å². The second-order valence-corrected chi connectivity index (χ2v) is 3.11. The Labute approximate surface area is 88.9 Å². The van der Waals surface area contributed by atoms with E-state index in [9.17, 15) is 4.79 Å². The Bertz CT molecular complexity index is 351. The molecule has 0 radical (unpaired) electrons. The van der Waals surface area contributed by atoms with E-state index in [1.54, 1.807) is 31.2 Å². The van der Waals surface area contributed by atoms with Crippen molar-refractivity contribution in [3.05, 3.63) is 30.3 Å². The van der Waals surface area contributed by atoms with Crippen LogP contribution in [0, 0.1) is 18.3 Å². The fraction of sp³-hybridized carbons (Fsp3) is 0.250. The van der Waals surface area contributed by atoms with Crippen LogP contribution in [0.3, 0.4) is 0 Å². The second kappa shape index (κ2) is 5.71. The molecule has 78 valence electrons. The number of carbonyl (C=O) groups is 1. The zero-order chi connectivity index (χ0) is 11.1. The lowest BCUT2D eigenvalue weighted by Gasteiger charge is -2.07. The molecule has 0 aliphatic carbocycles. The molecule has 0 N–H and O–H groups in total. The Morgan fingerprint density at radius 2 is 2.13 bits per heavy atom.